The summed E-state index contributed by atoms with van der Waals surface area (Å²) in [5.41, 5.74) is 1.48. The zero-order chi connectivity index (χ0) is 16.6. The molecule has 7 rings (SSSR count). The van der Waals surface area contributed by atoms with Crippen LogP contribution >= 0.6 is 11.3 Å². The third kappa shape index (κ3) is 1.99. The van der Waals surface area contributed by atoms with Gasteiger partial charge in [0.15, 0.2) is 0 Å². The number of benzene rings is 1. The molecule has 2 aromatic rings. The minimum Gasteiger partial charge on any atom is -0.491 e. The lowest BCUT2D eigenvalue weighted by Crippen LogP contribution is -2.60. The lowest BCUT2D eigenvalue weighted by molar-refractivity contribution is 0.0637. The van der Waals surface area contributed by atoms with Crippen molar-refractivity contribution in [2.75, 3.05) is 13.2 Å². The average Bonchev–Trinajstić information content (AvgIpc) is 3.08. The first kappa shape index (κ1) is 14.6. The summed E-state index contributed by atoms with van der Waals surface area (Å²) in [5, 5.41) is 8.16. The molecule has 1 aromatic carbocycles. The molecule has 4 nitrogen and oxygen atoms in total. The van der Waals surface area contributed by atoms with Crippen LogP contribution in [0.5, 0.6) is 5.75 Å². The number of fused-ring (bicyclic) bond motifs is 5. The number of nitrogens with one attached hydrogen (secondary N) is 2. The summed E-state index contributed by atoms with van der Waals surface area (Å²) in [7, 11) is 0. The van der Waals surface area contributed by atoms with Gasteiger partial charge in [-0.25, -0.2) is 0 Å². The second-order valence-electron chi connectivity index (χ2n) is 8.14. The van der Waals surface area contributed by atoms with Crippen molar-refractivity contribution in [1.82, 2.24) is 10.6 Å². The van der Waals surface area contributed by atoms with Gasteiger partial charge in [0.25, 0.3) is 5.91 Å². The van der Waals surface area contributed by atoms with Crippen molar-refractivity contribution in [3.8, 4) is 5.75 Å². The van der Waals surface area contributed by atoms with Gasteiger partial charge in [0, 0.05) is 13.0 Å². The maximum Gasteiger partial charge on any atom is 0.261 e. The highest BCUT2D eigenvalue weighted by molar-refractivity contribution is 7.21. The number of carbonyl (C=O) groups is 1. The van der Waals surface area contributed by atoms with Crippen LogP contribution in [0, 0.1) is 11.8 Å². The second kappa shape index (κ2) is 4.98. The zero-order valence-corrected chi connectivity index (χ0v) is 15.0. The van der Waals surface area contributed by atoms with Crippen LogP contribution in [-0.2, 0) is 6.42 Å². The minimum absolute atomic E-state index is 0.0959. The Morgan fingerprint density at radius 3 is 2.92 bits per heavy atom. The summed E-state index contributed by atoms with van der Waals surface area (Å²) in [4.78, 5) is 13.8. The Hall–Kier alpha value is -1.59. The molecule has 1 aromatic heterocycles. The van der Waals surface area contributed by atoms with E-state index in [4.69, 9.17) is 4.74 Å². The van der Waals surface area contributed by atoms with Gasteiger partial charge < -0.3 is 15.4 Å². The van der Waals surface area contributed by atoms with Crippen LogP contribution in [0.4, 0.5) is 0 Å². The molecule has 1 amide bonds. The van der Waals surface area contributed by atoms with Gasteiger partial charge in [-0.3, -0.25) is 4.79 Å². The first-order valence-corrected chi connectivity index (χ1v) is 10.3. The van der Waals surface area contributed by atoms with Crippen LogP contribution in [0.15, 0.2) is 18.2 Å². The number of hydrogen-bond donors (Lipinski definition) is 2. The van der Waals surface area contributed by atoms with Gasteiger partial charge in [-0.05, 0) is 54.5 Å². The predicted molar refractivity (Wildman–Crippen MR) is 98.5 cm³/mol. The highest BCUT2D eigenvalue weighted by atomic mass is 32.1. The van der Waals surface area contributed by atoms with E-state index in [0.29, 0.717) is 12.0 Å². The molecular formula is C20H22N2O2S. The summed E-state index contributed by atoms with van der Waals surface area (Å²) in [6, 6.07) is 6.61. The molecule has 3 aliphatic carbocycles. The maximum absolute atomic E-state index is 13.0. The molecule has 1 unspecified atom stereocenters. The number of amides is 1. The van der Waals surface area contributed by atoms with E-state index in [0.717, 1.165) is 46.2 Å². The van der Waals surface area contributed by atoms with Crippen molar-refractivity contribution >= 4 is 27.3 Å². The first-order chi connectivity index (χ1) is 12.2. The number of carbonyl (C=O) groups excluding carboxylic acids is 1. The van der Waals surface area contributed by atoms with Crippen LogP contribution in [0.3, 0.4) is 0 Å². The van der Waals surface area contributed by atoms with Gasteiger partial charge >= 0.3 is 0 Å². The van der Waals surface area contributed by atoms with Gasteiger partial charge in [-0.2, -0.15) is 0 Å². The molecular weight excluding hydrogens is 332 g/mol. The maximum atomic E-state index is 13.0. The number of ether oxygens (including phenoxy) is 1. The normalized spacial score (nSPS) is 35.0. The van der Waals surface area contributed by atoms with Crippen LogP contribution in [-0.4, -0.2) is 30.6 Å². The van der Waals surface area contributed by atoms with Gasteiger partial charge in [-0.1, -0.05) is 12.1 Å². The molecule has 0 radical (unpaired) electrons. The van der Waals surface area contributed by atoms with E-state index < -0.39 is 0 Å². The summed E-state index contributed by atoms with van der Waals surface area (Å²) in [6.45, 7) is 1.83. The Kier molecular flexibility index (Phi) is 2.90. The molecule has 5 aliphatic rings. The van der Waals surface area contributed by atoms with E-state index >= 15 is 0 Å². The number of rotatable bonds is 2. The molecule has 130 valence electrons. The lowest BCUT2D eigenvalue weighted by Gasteiger charge is -2.48. The van der Waals surface area contributed by atoms with Crippen LogP contribution in [0.1, 0.15) is 40.9 Å². The molecule has 3 saturated carbocycles. The summed E-state index contributed by atoms with van der Waals surface area (Å²) < 4.78 is 6.94. The SMILES string of the molecule is O=C(NC1C2CCC(CC2)[C@@]12CN2)c1cc2ccc3c(c2s1)OCC3. The third-order valence-corrected chi connectivity index (χ3v) is 8.11. The molecule has 1 saturated heterocycles. The first-order valence-electron chi connectivity index (χ1n) is 9.49. The van der Waals surface area contributed by atoms with Crippen LogP contribution < -0.4 is 15.4 Å². The average molecular weight is 354 g/mol. The molecule has 1 spiro atoms. The fourth-order valence-corrected chi connectivity index (χ4v) is 6.65. The van der Waals surface area contributed by atoms with Crippen molar-refractivity contribution in [2.45, 2.75) is 43.7 Å². The fourth-order valence-electron chi connectivity index (χ4n) is 5.56. The Labute approximate surface area is 150 Å². The molecule has 2 N–H and O–H groups in total. The quantitative estimate of drug-likeness (QED) is 0.815. The number of thiophene rings is 1. The zero-order valence-electron chi connectivity index (χ0n) is 14.1. The molecule has 3 heterocycles. The summed E-state index contributed by atoms with van der Waals surface area (Å²) in [6.07, 6.45) is 6.18. The second-order valence-corrected chi connectivity index (χ2v) is 9.19. The van der Waals surface area contributed by atoms with Gasteiger partial charge in [0.2, 0.25) is 0 Å². The summed E-state index contributed by atoms with van der Waals surface area (Å²) in [5.74, 6) is 2.49. The van der Waals surface area contributed by atoms with Crippen molar-refractivity contribution in [2.24, 2.45) is 11.8 Å². The Balaban J connectivity index is 1.31. The van der Waals surface area contributed by atoms with E-state index in [2.05, 4.69) is 22.8 Å². The van der Waals surface area contributed by atoms with Gasteiger partial charge in [0.1, 0.15) is 5.75 Å². The lowest BCUT2D eigenvalue weighted by atomic mass is 9.61. The molecule has 2 aliphatic heterocycles. The molecule has 5 heteroatoms. The largest absolute Gasteiger partial charge is 0.491 e. The van der Waals surface area contributed by atoms with E-state index in [-0.39, 0.29) is 11.4 Å². The Bertz CT molecular complexity index is 877. The van der Waals surface area contributed by atoms with Crippen LogP contribution in [0.2, 0.25) is 0 Å². The standard InChI is InChI=1S/C20H22N2O2S/c23-19(22-18-12-3-5-14(6-4-12)20(18)10-21-20)15-9-13-2-1-11-7-8-24-16(11)17(13)25-15/h1-2,9,12,14,18,21H,3-8,10H2,(H,22,23)/t12?,14?,18?,20-/m0/s1. The molecule has 2 bridgehead atoms. The van der Waals surface area contributed by atoms with Crippen molar-refractivity contribution in [1.29, 1.82) is 0 Å². The van der Waals surface area contributed by atoms with E-state index in [9.17, 15) is 4.79 Å². The highest BCUT2D eigenvalue weighted by Gasteiger charge is 2.61. The minimum atomic E-state index is 0.0959. The van der Waals surface area contributed by atoms with Gasteiger partial charge in [-0.15, -0.1) is 11.3 Å². The van der Waals surface area contributed by atoms with E-state index in [1.54, 1.807) is 11.3 Å². The van der Waals surface area contributed by atoms with Crippen LogP contribution in [0.25, 0.3) is 10.1 Å². The molecule has 2 atom stereocenters. The fraction of sp³-hybridized carbons (Fsp3) is 0.550. The van der Waals surface area contributed by atoms with E-state index in [1.165, 1.54) is 31.2 Å². The summed E-state index contributed by atoms with van der Waals surface area (Å²) >= 11 is 1.58. The van der Waals surface area contributed by atoms with Crippen molar-refractivity contribution in [3.63, 3.8) is 0 Å². The monoisotopic (exact) mass is 354 g/mol. The van der Waals surface area contributed by atoms with E-state index in [1.807, 2.05) is 6.07 Å². The van der Waals surface area contributed by atoms with Crippen molar-refractivity contribution < 1.29 is 9.53 Å². The predicted octanol–water partition coefficient (Wildman–Crippen LogP) is 3.10. The number of hydrogen-bond acceptors (Lipinski definition) is 4. The Morgan fingerprint density at radius 1 is 1.28 bits per heavy atom. The van der Waals surface area contributed by atoms with Gasteiger partial charge in [0.05, 0.1) is 27.8 Å². The highest BCUT2D eigenvalue weighted by Crippen LogP contribution is 2.51. The molecule has 4 fully saturated rings. The smallest absolute Gasteiger partial charge is 0.261 e. The topological polar surface area (TPSA) is 60.3 Å². The third-order valence-electron chi connectivity index (χ3n) is 6.96. The molecule has 25 heavy (non-hydrogen) atoms. The van der Waals surface area contributed by atoms with Crippen molar-refractivity contribution in [3.05, 3.63) is 28.6 Å². The Morgan fingerprint density at radius 2 is 2.12 bits per heavy atom.